The number of nitrogens with zero attached hydrogens (tertiary/aromatic N) is 1. The predicted octanol–water partition coefficient (Wildman–Crippen LogP) is 0.355. The third kappa shape index (κ3) is 8.06. The van der Waals surface area contributed by atoms with Crippen molar-refractivity contribution in [2.24, 2.45) is 0 Å². The highest BCUT2D eigenvalue weighted by molar-refractivity contribution is 7.87. The molecule has 1 aliphatic heterocycles. The first-order chi connectivity index (χ1) is 8.67. The van der Waals surface area contributed by atoms with E-state index in [1.54, 1.807) is 11.4 Å². The lowest BCUT2D eigenvalue weighted by molar-refractivity contribution is 0.199. The molecule has 0 aromatic heterocycles. The summed E-state index contributed by atoms with van der Waals surface area (Å²) in [5.74, 6) is 0. The minimum Gasteiger partial charge on any atom is -0.383 e. The zero-order valence-electron chi connectivity index (χ0n) is 11.6. The first-order valence-electron chi connectivity index (χ1n) is 6.61. The molecular weight excluding hydrogens is 290 g/mol. The molecule has 2 N–H and O–H groups in total. The van der Waals surface area contributed by atoms with Crippen LogP contribution in [0.25, 0.3) is 0 Å². The average molecular weight is 316 g/mol. The lowest BCUT2D eigenvalue weighted by Gasteiger charge is -2.20. The van der Waals surface area contributed by atoms with Crippen molar-refractivity contribution in [3.05, 3.63) is 0 Å². The van der Waals surface area contributed by atoms with Gasteiger partial charge in [0.2, 0.25) is 0 Å². The zero-order chi connectivity index (χ0) is 13.3. The normalized spacial score (nSPS) is 17.7. The number of halogens is 1. The van der Waals surface area contributed by atoms with Gasteiger partial charge in [0.25, 0.3) is 10.2 Å². The van der Waals surface area contributed by atoms with E-state index >= 15 is 0 Å². The van der Waals surface area contributed by atoms with Crippen LogP contribution in [0, 0.1) is 0 Å². The summed E-state index contributed by atoms with van der Waals surface area (Å²) < 4.78 is 33.1. The van der Waals surface area contributed by atoms with Gasteiger partial charge in [0.15, 0.2) is 0 Å². The number of ether oxygens (including phenoxy) is 1. The summed E-state index contributed by atoms with van der Waals surface area (Å²) in [6, 6.07) is 0. The van der Waals surface area contributed by atoms with E-state index in [0.717, 1.165) is 32.2 Å². The fraction of sp³-hybridized carbons (Fsp3) is 1.00. The number of nitrogens with one attached hydrogen (secondary N) is 2. The fourth-order valence-electron chi connectivity index (χ4n) is 1.94. The van der Waals surface area contributed by atoms with Gasteiger partial charge in [-0.1, -0.05) is 12.8 Å². The Labute approximate surface area is 122 Å². The molecule has 0 atom stereocenters. The summed E-state index contributed by atoms with van der Waals surface area (Å²) in [6.07, 6.45) is 4.19. The maximum atomic E-state index is 12.0. The van der Waals surface area contributed by atoms with Crippen molar-refractivity contribution in [1.82, 2.24) is 14.3 Å². The molecule has 0 radical (unpaired) electrons. The monoisotopic (exact) mass is 315 g/mol. The van der Waals surface area contributed by atoms with Crippen LogP contribution in [0.3, 0.4) is 0 Å². The summed E-state index contributed by atoms with van der Waals surface area (Å²) in [5.41, 5.74) is 0. The zero-order valence-corrected chi connectivity index (χ0v) is 13.2. The molecule has 0 unspecified atom stereocenters. The van der Waals surface area contributed by atoms with E-state index in [4.69, 9.17) is 4.74 Å². The predicted molar refractivity (Wildman–Crippen MR) is 79.0 cm³/mol. The smallest absolute Gasteiger partial charge is 0.279 e. The van der Waals surface area contributed by atoms with Gasteiger partial charge in [-0.3, -0.25) is 0 Å². The Morgan fingerprint density at radius 3 is 2.26 bits per heavy atom. The fourth-order valence-corrected chi connectivity index (χ4v) is 3.22. The van der Waals surface area contributed by atoms with Crippen molar-refractivity contribution >= 4 is 22.6 Å². The Kier molecular flexibility index (Phi) is 10.9. The van der Waals surface area contributed by atoms with Crippen LogP contribution in [-0.4, -0.2) is 59.2 Å². The van der Waals surface area contributed by atoms with E-state index in [1.807, 2.05) is 0 Å². The molecule has 0 aliphatic carbocycles. The third-order valence-corrected chi connectivity index (χ3v) is 4.59. The van der Waals surface area contributed by atoms with Crippen LogP contribution in [0.2, 0.25) is 0 Å². The standard InChI is InChI=1S/C11H25N3O3S.ClH/c1-17-11-8-12-6-7-13-18(15,16)14-9-4-2-3-5-10-14;/h12-13H,2-11H2,1H3;1H. The lowest BCUT2D eigenvalue weighted by Crippen LogP contribution is -2.43. The molecule has 0 bridgehead atoms. The quantitative estimate of drug-likeness (QED) is 0.634. The van der Waals surface area contributed by atoms with E-state index < -0.39 is 10.2 Å². The number of rotatable bonds is 8. The third-order valence-electron chi connectivity index (χ3n) is 2.97. The van der Waals surface area contributed by atoms with Gasteiger partial charge in [-0.25, -0.2) is 4.72 Å². The van der Waals surface area contributed by atoms with E-state index in [9.17, 15) is 8.42 Å². The molecule has 8 heteroatoms. The maximum Gasteiger partial charge on any atom is 0.279 e. The van der Waals surface area contributed by atoms with E-state index in [0.29, 0.717) is 32.8 Å². The van der Waals surface area contributed by atoms with Gasteiger partial charge in [0.05, 0.1) is 6.61 Å². The molecule has 1 rings (SSSR count). The molecule has 0 aromatic rings. The van der Waals surface area contributed by atoms with Gasteiger partial charge >= 0.3 is 0 Å². The summed E-state index contributed by atoms with van der Waals surface area (Å²) in [5, 5.41) is 3.10. The molecule has 19 heavy (non-hydrogen) atoms. The first kappa shape index (κ1) is 19.1. The van der Waals surface area contributed by atoms with E-state index in [2.05, 4.69) is 10.0 Å². The highest BCUT2D eigenvalue weighted by atomic mass is 35.5. The van der Waals surface area contributed by atoms with Crippen LogP contribution in [0.1, 0.15) is 25.7 Å². The highest BCUT2D eigenvalue weighted by Gasteiger charge is 2.21. The topological polar surface area (TPSA) is 70.7 Å². The van der Waals surface area contributed by atoms with E-state index in [1.165, 1.54) is 0 Å². The van der Waals surface area contributed by atoms with Crippen LogP contribution < -0.4 is 10.0 Å². The minimum absolute atomic E-state index is 0. The Morgan fingerprint density at radius 2 is 1.68 bits per heavy atom. The first-order valence-corrected chi connectivity index (χ1v) is 8.05. The second-order valence-electron chi connectivity index (χ2n) is 4.46. The van der Waals surface area contributed by atoms with Crippen LogP contribution in [0.15, 0.2) is 0 Å². The number of hydrogen-bond donors (Lipinski definition) is 2. The molecule has 1 aliphatic rings. The average Bonchev–Trinajstić information content (AvgIpc) is 2.63. The SMILES string of the molecule is COCCNCCNS(=O)(=O)N1CCCCCC1.Cl. The lowest BCUT2D eigenvalue weighted by atomic mass is 10.2. The minimum atomic E-state index is -3.29. The summed E-state index contributed by atoms with van der Waals surface area (Å²) in [6.45, 7) is 3.71. The summed E-state index contributed by atoms with van der Waals surface area (Å²) in [7, 11) is -1.64. The van der Waals surface area contributed by atoms with Crippen molar-refractivity contribution in [3.63, 3.8) is 0 Å². The molecule has 0 amide bonds. The Morgan fingerprint density at radius 1 is 1.05 bits per heavy atom. The van der Waals surface area contributed by atoms with Gasteiger partial charge in [0.1, 0.15) is 0 Å². The Bertz CT molecular complexity index is 306. The largest absolute Gasteiger partial charge is 0.383 e. The maximum absolute atomic E-state index is 12.0. The molecule has 1 heterocycles. The van der Waals surface area contributed by atoms with Crippen molar-refractivity contribution in [2.45, 2.75) is 25.7 Å². The van der Waals surface area contributed by atoms with Crippen LogP contribution in [0.4, 0.5) is 0 Å². The van der Waals surface area contributed by atoms with Crippen molar-refractivity contribution in [1.29, 1.82) is 0 Å². The van der Waals surface area contributed by atoms with Crippen molar-refractivity contribution < 1.29 is 13.2 Å². The summed E-state index contributed by atoms with van der Waals surface area (Å²) >= 11 is 0. The van der Waals surface area contributed by atoms with Crippen LogP contribution >= 0.6 is 12.4 Å². The molecule has 6 nitrogen and oxygen atoms in total. The van der Waals surface area contributed by atoms with Gasteiger partial charge < -0.3 is 10.1 Å². The second-order valence-corrected chi connectivity index (χ2v) is 6.21. The molecule has 1 fully saturated rings. The van der Waals surface area contributed by atoms with Gasteiger partial charge in [-0.15, -0.1) is 12.4 Å². The Balaban J connectivity index is 0.00000324. The number of hydrogen-bond acceptors (Lipinski definition) is 4. The molecule has 1 saturated heterocycles. The Hall–Kier alpha value is 0.0800. The molecule has 0 spiro atoms. The molecular formula is C11H26ClN3O3S. The highest BCUT2D eigenvalue weighted by Crippen LogP contribution is 2.11. The second kappa shape index (κ2) is 10.8. The molecule has 0 saturated carbocycles. The van der Waals surface area contributed by atoms with E-state index in [-0.39, 0.29) is 12.4 Å². The van der Waals surface area contributed by atoms with Crippen molar-refractivity contribution in [2.75, 3.05) is 46.4 Å². The van der Waals surface area contributed by atoms with Crippen LogP contribution in [0.5, 0.6) is 0 Å². The molecule has 116 valence electrons. The van der Waals surface area contributed by atoms with Gasteiger partial charge in [-0.2, -0.15) is 12.7 Å². The van der Waals surface area contributed by atoms with Gasteiger partial charge in [0, 0.05) is 39.8 Å². The van der Waals surface area contributed by atoms with Crippen molar-refractivity contribution in [3.8, 4) is 0 Å². The molecule has 0 aromatic carbocycles. The van der Waals surface area contributed by atoms with Crippen LogP contribution in [-0.2, 0) is 14.9 Å². The number of methoxy groups -OCH3 is 1. The van der Waals surface area contributed by atoms with Gasteiger partial charge in [-0.05, 0) is 12.8 Å². The summed E-state index contributed by atoms with van der Waals surface area (Å²) in [4.78, 5) is 0.